The second-order valence-corrected chi connectivity index (χ2v) is 6.24. The van der Waals surface area contributed by atoms with Gasteiger partial charge in [-0.3, -0.25) is 0 Å². The molecule has 0 saturated heterocycles. The van der Waals surface area contributed by atoms with E-state index in [1.54, 1.807) is 0 Å². The van der Waals surface area contributed by atoms with Gasteiger partial charge in [-0.1, -0.05) is 6.07 Å². The zero-order valence-electron chi connectivity index (χ0n) is 11.3. The largest absolute Gasteiger partial charge is 0.388 e. The Morgan fingerprint density at radius 3 is 2.79 bits per heavy atom. The van der Waals surface area contributed by atoms with Crippen LogP contribution >= 0.6 is 15.9 Å². The Kier molecular flexibility index (Phi) is 3.27. The molecule has 3 heteroatoms. The fraction of sp³-hybridized carbons (Fsp3) is 0.375. The minimum absolute atomic E-state index is 0.298. The highest BCUT2D eigenvalue weighted by molar-refractivity contribution is 9.10. The Hall–Kier alpha value is -1.06. The van der Waals surface area contributed by atoms with E-state index in [0.717, 1.165) is 29.3 Å². The summed E-state index contributed by atoms with van der Waals surface area (Å²) in [7, 11) is 0. The molecule has 0 aliphatic heterocycles. The first-order valence-electron chi connectivity index (χ1n) is 6.73. The van der Waals surface area contributed by atoms with Crippen LogP contribution in [0.1, 0.15) is 41.5 Å². The summed E-state index contributed by atoms with van der Waals surface area (Å²) in [5, 5.41) is 10.1. The predicted molar refractivity (Wildman–Crippen MR) is 80.8 cm³/mol. The van der Waals surface area contributed by atoms with Crippen molar-refractivity contribution < 1.29 is 5.11 Å². The number of rotatable bonds is 1. The topological polar surface area (TPSA) is 25.2 Å². The van der Waals surface area contributed by atoms with Gasteiger partial charge in [0.25, 0.3) is 0 Å². The van der Waals surface area contributed by atoms with E-state index in [9.17, 15) is 5.11 Å². The van der Waals surface area contributed by atoms with Crippen LogP contribution in [0.15, 0.2) is 28.7 Å². The lowest BCUT2D eigenvalue weighted by Gasteiger charge is -2.21. The Bertz CT molecular complexity index is 630. The van der Waals surface area contributed by atoms with Crippen LogP contribution in [-0.2, 0) is 6.42 Å². The average molecular weight is 320 g/mol. The van der Waals surface area contributed by atoms with Gasteiger partial charge in [-0.2, -0.15) is 0 Å². The summed E-state index contributed by atoms with van der Waals surface area (Å²) in [5.41, 5.74) is 5.97. The molecule has 1 unspecified atom stereocenters. The van der Waals surface area contributed by atoms with Crippen LogP contribution < -0.4 is 0 Å². The third-order valence-electron chi connectivity index (χ3n) is 3.91. The molecular formula is C16H18BrNO. The van der Waals surface area contributed by atoms with Crippen LogP contribution in [0.3, 0.4) is 0 Å². The molecule has 19 heavy (non-hydrogen) atoms. The third-order valence-corrected chi connectivity index (χ3v) is 4.55. The fourth-order valence-electron chi connectivity index (χ4n) is 3.01. The van der Waals surface area contributed by atoms with E-state index in [1.165, 1.54) is 22.6 Å². The van der Waals surface area contributed by atoms with Crippen molar-refractivity contribution in [1.82, 2.24) is 4.57 Å². The molecule has 0 radical (unpaired) electrons. The maximum atomic E-state index is 10.1. The van der Waals surface area contributed by atoms with Crippen LogP contribution in [0.4, 0.5) is 0 Å². The van der Waals surface area contributed by atoms with Gasteiger partial charge in [0, 0.05) is 21.4 Å². The smallest absolute Gasteiger partial charge is 0.0807 e. The van der Waals surface area contributed by atoms with Gasteiger partial charge in [-0.25, -0.2) is 0 Å². The number of hydrogen-bond donors (Lipinski definition) is 1. The minimum Gasteiger partial charge on any atom is -0.388 e. The summed E-state index contributed by atoms with van der Waals surface area (Å²) in [4.78, 5) is 0. The van der Waals surface area contributed by atoms with Gasteiger partial charge in [0.15, 0.2) is 0 Å². The molecule has 0 saturated carbocycles. The van der Waals surface area contributed by atoms with E-state index in [2.05, 4.69) is 58.6 Å². The first kappa shape index (κ1) is 12.9. The number of halogens is 1. The quantitative estimate of drug-likeness (QED) is 0.836. The zero-order chi connectivity index (χ0) is 13.6. The molecule has 2 nitrogen and oxygen atoms in total. The van der Waals surface area contributed by atoms with Crippen molar-refractivity contribution in [1.29, 1.82) is 0 Å². The highest BCUT2D eigenvalue weighted by Gasteiger charge is 2.24. The molecule has 2 aromatic rings. The summed E-state index contributed by atoms with van der Waals surface area (Å²) in [6.07, 6.45) is 2.68. The normalized spacial score (nSPS) is 18.4. The molecule has 1 aromatic heterocycles. The van der Waals surface area contributed by atoms with Gasteiger partial charge in [-0.15, -0.1) is 0 Å². The molecule has 0 bridgehead atoms. The lowest BCUT2D eigenvalue weighted by molar-refractivity contribution is 0.156. The molecule has 1 N–H and O–H groups in total. The number of aryl methyl sites for hydroxylation is 2. The maximum Gasteiger partial charge on any atom is 0.0807 e. The summed E-state index contributed by atoms with van der Waals surface area (Å²) in [6.45, 7) is 4.20. The minimum atomic E-state index is -0.298. The van der Waals surface area contributed by atoms with E-state index >= 15 is 0 Å². The average Bonchev–Trinajstić information content (AvgIpc) is 2.68. The van der Waals surface area contributed by atoms with Gasteiger partial charge < -0.3 is 9.67 Å². The Morgan fingerprint density at radius 2 is 2.05 bits per heavy atom. The van der Waals surface area contributed by atoms with E-state index in [4.69, 9.17) is 0 Å². The third kappa shape index (κ3) is 2.15. The van der Waals surface area contributed by atoms with Crippen molar-refractivity contribution in [3.63, 3.8) is 0 Å². The molecule has 100 valence electrons. The number of benzene rings is 1. The van der Waals surface area contributed by atoms with Crippen LogP contribution in [-0.4, -0.2) is 9.67 Å². The molecular weight excluding hydrogens is 302 g/mol. The van der Waals surface area contributed by atoms with Crippen molar-refractivity contribution in [2.45, 2.75) is 39.2 Å². The van der Waals surface area contributed by atoms with Crippen molar-refractivity contribution in [3.05, 3.63) is 51.3 Å². The van der Waals surface area contributed by atoms with Crippen molar-refractivity contribution in [2.24, 2.45) is 0 Å². The Balaban J connectivity index is 2.20. The van der Waals surface area contributed by atoms with E-state index in [0.29, 0.717) is 0 Å². The summed E-state index contributed by atoms with van der Waals surface area (Å²) >= 11 is 3.66. The van der Waals surface area contributed by atoms with Gasteiger partial charge in [-0.05, 0) is 72.8 Å². The summed E-state index contributed by atoms with van der Waals surface area (Å²) in [6, 6.07) is 8.55. The Labute approximate surface area is 122 Å². The van der Waals surface area contributed by atoms with Crippen molar-refractivity contribution >= 4 is 15.9 Å². The highest BCUT2D eigenvalue weighted by atomic mass is 79.9. The van der Waals surface area contributed by atoms with Crippen LogP contribution in [0.25, 0.3) is 5.69 Å². The lowest BCUT2D eigenvalue weighted by atomic mass is 9.95. The fourth-order valence-corrected chi connectivity index (χ4v) is 3.68. The summed E-state index contributed by atoms with van der Waals surface area (Å²) in [5.74, 6) is 0. The van der Waals surface area contributed by atoms with Crippen LogP contribution in [0.5, 0.6) is 0 Å². The molecule has 0 spiro atoms. The second-order valence-electron chi connectivity index (χ2n) is 5.39. The highest BCUT2D eigenvalue weighted by Crippen LogP contribution is 2.35. The molecule has 0 amide bonds. The lowest BCUT2D eigenvalue weighted by Crippen LogP contribution is -2.11. The summed E-state index contributed by atoms with van der Waals surface area (Å²) < 4.78 is 3.38. The molecule has 3 rings (SSSR count). The standard InChI is InChI=1S/C16H18BrNO/c1-10-6-7-15(13(17)8-10)18-11(2)9-12-14(18)4-3-5-16(12)19/h6-9,16,19H,3-5H2,1-2H3. The monoisotopic (exact) mass is 319 g/mol. The van der Waals surface area contributed by atoms with Crippen LogP contribution in [0, 0.1) is 13.8 Å². The first-order valence-corrected chi connectivity index (χ1v) is 7.53. The first-order chi connectivity index (χ1) is 9.08. The molecule has 0 fully saturated rings. The van der Waals surface area contributed by atoms with E-state index in [1.807, 2.05) is 0 Å². The van der Waals surface area contributed by atoms with Gasteiger partial charge in [0.05, 0.1) is 11.8 Å². The number of aliphatic hydroxyl groups is 1. The van der Waals surface area contributed by atoms with E-state index in [-0.39, 0.29) is 6.10 Å². The van der Waals surface area contributed by atoms with Crippen LogP contribution in [0.2, 0.25) is 0 Å². The number of aliphatic hydroxyl groups excluding tert-OH is 1. The number of nitrogens with zero attached hydrogens (tertiary/aromatic N) is 1. The maximum absolute atomic E-state index is 10.1. The molecule has 1 aliphatic rings. The molecule has 1 aliphatic carbocycles. The number of hydrogen-bond acceptors (Lipinski definition) is 1. The van der Waals surface area contributed by atoms with Gasteiger partial charge >= 0.3 is 0 Å². The number of fused-ring (bicyclic) bond motifs is 1. The van der Waals surface area contributed by atoms with E-state index < -0.39 is 0 Å². The van der Waals surface area contributed by atoms with Crippen molar-refractivity contribution in [2.75, 3.05) is 0 Å². The molecule has 1 heterocycles. The second kappa shape index (κ2) is 4.80. The zero-order valence-corrected chi connectivity index (χ0v) is 12.9. The number of aromatic nitrogens is 1. The predicted octanol–water partition coefficient (Wildman–Crippen LogP) is 4.23. The Morgan fingerprint density at radius 1 is 1.26 bits per heavy atom. The molecule has 1 aromatic carbocycles. The molecule has 1 atom stereocenters. The van der Waals surface area contributed by atoms with Gasteiger partial charge in [0.2, 0.25) is 0 Å². The van der Waals surface area contributed by atoms with Gasteiger partial charge in [0.1, 0.15) is 0 Å². The van der Waals surface area contributed by atoms with Crippen molar-refractivity contribution in [3.8, 4) is 5.69 Å². The SMILES string of the molecule is Cc1ccc(-n2c(C)cc3c2CCCC3O)c(Br)c1.